The number of halogens is 1. The van der Waals surface area contributed by atoms with Crippen molar-refractivity contribution in [1.29, 1.82) is 0 Å². The fourth-order valence-corrected chi connectivity index (χ4v) is 5.70. The van der Waals surface area contributed by atoms with Gasteiger partial charge in [-0.1, -0.05) is 11.6 Å². The number of hydrogen-bond donors (Lipinski definition) is 2. The second-order valence-electron chi connectivity index (χ2n) is 9.80. The Labute approximate surface area is 218 Å². The molecule has 4 rings (SSSR count). The first kappa shape index (κ1) is 26.2. The van der Waals surface area contributed by atoms with Crippen molar-refractivity contribution in [2.24, 2.45) is 0 Å². The smallest absolute Gasteiger partial charge is 0.251 e. The second kappa shape index (κ2) is 11.0. The summed E-state index contributed by atoms with van der Waals surface area (Å²) in [7, 11) is 5.90. The molecule has 0 radical (unpaired) electrons. The summed E-state index contributed by atoms with van der Waals surface area (Å²) >= 11 is 6.56. The minimum absolute atomic E-state index is 0.182. The molecule has 2 heterocycles. The van der Waals surface area contributed by atoms with Crippen molar-refractivity contribution in [1.82, 2.24) is 25.2 Å². The lowest BCUT2D eigenvalue weighted by atomic mass is 9.89. The number of benzene rings is 1. The third-order valence-corrected chi connectivity index (χ3v) is 7.73. The first-order valence-corrected chi connectivity index (χ1v) is 13.0. The normalized spacial score (nSPS) is 18.0. The van der Waals surface area contributed by atoms with Crippen molar-refractivity contribution < 1.29 is 9.53 Å². The molecule has 36 heavy (non-hydrogen) atoms. The summed E-state index contributed by atoms with van der Waals surface area (Å²) in [5, 5.41) is 3.61. The number of nitrogens with one attached hydrogen (secondary N) is 2. The van der Waals surface area contributed by atoms with Crippen LogP contribution in [0, 0.1) is 13.8 Å². The number of aromatic nitrogens is 3. The van der Waals surface area contributed by atoms with Crippen LogP contribution in [0.15, 0.2) is 18.5 Å². The van der Waals surface area contributed by atoms with Crippen LogP contribution in [0.3, 0.4) is 0 Å². The van der Waals surface area contributed by atoms with Crippen LogP contribution in [0.5, 0.6) is 5.88 Å². The molecule has 1 aliphatic carbocycles. The molecule has 0 bridgehead atoms. The Morgan fingerprint density at radius 2 is 1.89 bits per heavy atom. The van der Waals surface area contributed by atoms with Gasteiger partial charge < -0.3 is 24.8 Å². The summed E-state index contributed by atoms with van der Waals surface area (Å²) in [6, 6.07) is 4.83. The van der Waals surface area contributed by atoms with E-state index < -0.39 is 0 Å². The van der Waals surface area contributed by atoms with Gasteiger partial charge in [-0.3, -0.25) is 4.79 Å². The minimum atomic E-state index is -0.182. The molecular weight excluding hydrogens is 476 g/mol. The number of carbonyl (C=O) groups excluding carboxylic acids is 1. The van der Waals surface area contributed by atoms with Gasteiger partial charge in [0, 0.05) is 34.9 Å². The number of rotatable bonds is 8. The average Bonchev–Trinajstić information content (AvgIpc) is 3.36. The number of amides is 1. The highest BCUT2D eigenvalue weighted by molar-refractivity contribution is 6.31. The number of H-pyrrole nitrogens is 1. The lowest BCUT2D eigenvalue weighted by molar-refractivity contribution is 0.0950. The molecule has 1 aromatic carbocycles. The van der Waals surface area contributed by atoms with E-state index in [1.165, 1.54) is 12.8 Å². The summed E-state index contributed by atoms with van der Waals surface area (Å²) in [4.78, 5) is 30.2. The molecule has 1 fully saturated rings. The number of nitrogens with zero attached hydrogens (tertiary/aromatic N) is 4. The number of aromatic amines is 1. The maximum atomic E-state index is 13.4. The van der Waals surface area contributed by atoms with Gasteiger partial charge in [-0.05, 0) is 78.2 Å². The number of carbonyl (C=O) groups is 1. The van der Waals surface area contributed by atoms with Crippen molar-refractivity contribution in [2.45, 2.75) is 65.1 Å². The number of ether oxygens (including phenoxy) is 1. The van der Waals surface area contributed by atoms with Crippen LogP contribution in [-0.2, 0) is 6.54 Å². The predicted octanol–water partition coefficient (Wildman–Crippen LogP) is 4.87. The van der Waals surface area contributed by atoms with E-state index in [0.29, 0.717) is 28.5 Å². The lowest BCUT2D eigenvalue weighted by Gasteiger charge is -2.40. The van der Waals surface area contributed by atoms with Gasteiger partial charge in [0.2, 0.25) is 5.88 Å². The number of anilines is 1. The Kier molecular flexibility index (Phi) is 8.05. The van der Waals surface area contributed by atoms with Gasteiger partial charge in [-0.25, -0.2) is 9.97 Å². The van der Waals surface area contributed by atoms with E-state index in [9.17, 15) is 4.79 Å². The van der Waals surface area contributed by atoms with E-state index in [0.717, 1.165) is 52.9 Å². The molecular formula is C27H37ClN6O2. The number of aryl methyl sites for hydroxylation is 1. The summed E-state index contributed by atoms with van der Waals surface area (Å²) in [6.45, 7) is 7.18. The quantitative estimate of drug-likeness (QED) is 0.448. The fourth-order valence-electron chi connectivity index (χ4n) is 5.49. The van der Waals surface area contributed by atoms with Crippen LogP contribution in [0.4, 0.5) is 5.69 Å². The van der Waals surface area contributed by atoms with E-state index in [1.807, 2.05) is 19.9 Å². The van der Waals surface area contributed by atoms with Crippen LogP contribution in [-0.4, -0.2) is 65.6 Å². The van der Waals surface area contributed by atoms with Crippen LogP contribution in [0.2, 0.25) is 5.02 Å². The van der Waals surface area contributed by atoms with Gasteiger partial charge in [0.15, 0.2) is 0 Å². The maximum Gasteiger partial charge on any atom is 0.251 e. The molecule has 0 aliphatic heterocycles. The van der Waals surface area contributed by atoms with E-state index in [4.69, 9.17) is 16.3 Å². The molecule has 1 saturated carbocycles. The first-order chi connectivity index (χ1) is 17.2. The topological polar surface area (TPSA) is 86.4 Å². The molecule has 2 aromatic heterocycles. The number of hydrogen-bond acceptors (Lipinski definition) is 6. The number of imidazole rings is 1. The fraction of sp³-hybridized carbons (Fsp3) is 0.519. The van der Waals surface area contributed by atoms with Crippen LogP contribution < -0.4 is 15.0 Å². The minimum Gasteiger partial charge on any atom is -0.481 e. The first-order valence-electron chi connectivity index (χ1n) is 12.6. The summed E-state index contributed by atoms with van der Waals surface area (Å²) in [5.74, 6) is 0.289. The van der Waals surface area contributed by atoms with Gasteiger partial charge in [-0.15, -0.1) is 0 Å². The van der Waals surface area contributed by atoms with Crippen LogP contribution in [0.1, 0.15) is 59.8 Å². The lowest BCUT2D eigenvalue weighted by Crippen LogP contribution is -2.42. The van der Waals surface area contributed by atoms with Gasteiger partial charge in [0.1, 0.15) is 5.52 Å². The largest absolute Gasteiger partial charge is 0.481 e. The zero-order valence-corrected chi connectivity index (χ0v) is 22.9. The van der Waals surface area contributed by atoms with E-state index in [-0.39, 0.29) is 12.5 Å². The zero-order valence-electron chi connectivity index (χ0n) is 22.1. The maximum absolute atomic E-state index is 13.4. The second-order valence-corrected chi connectivity index (χ2v) is 10.2. The molecule has 0 atom stereocenters. The highest BCUT2D eigenvalue weighted by Crippen LogP contribution is 2.34. The molecule has 2 N–H and O–H groups in total. The Bertz CT molecular complexity index is 1230. The van der Waals surface area contributed by atoms with Crippen molar-refractivity contribution in [3.05, 3.63) is 45.9 Å². The number of fused-ring (bicyclic) bond motifs is 1. The van der Waals surface area contributed by atoms with Gasteiger partial charge >= 0.3 is 0 Å². The monoisotopic (exact) mass is 512 g/mol. The van der Waals surface area contributed by atoms with E-state index in [1.54, 1.807) is 19.5 Å². The summed E-state index contributed by atoms with van der Waals surface area (Å²) < 4.78 is 5.50. The molecule has 194 valence electrons. The molecule has 0 unspecified atom stereocenters. The predicted molar refractivity (Wildman–Crippen MR) is 145 cm³/mol. The molecule has 9 heteroatoms. The van der Waals surface area contributed by atoms with Crippen molar-refractivity contribution in [3.8, 4) is 5.88 Å². The molecule has 1 amide bonds. The Morgan fingerprint density at radius 1 is 1.19 bits per heavy atom. The Morgan fingerprint density at radius 3 is 2.53 bits per heavy atom. The van der Waals surface area contributed by atoms with Crippen molar-refractivity contribution in [2.75, 3.05) is 32.6 Å². The number of methoxy groups -OCH3 is 1. The third-order valence-electron chi connectivity index (χ3n) is 7.51. The van der Waals surface area contributed by atoms with Gasteiger partial charge in [-0.2, -0.15) is 0 Å². The van der Waals surface area contributed by atoms with Crippen molar-refractivity contribution in [3.63, 3.8) is 0 Å². The highest BCUT2D eigenvalue weighted by Gasteiger charge is 2.28. The molecule has 3 aromatic rings. The third kappa shape index (κ3) is 5.15. The van der Waals surface area contributed by atoms with Crippen LogP contribution >= 0.6 is 11.6 Å². The number of pyridine rings is 1. The Hall–Kier alpha value is -2.84. The van der Waals surface area contributed by atoms with E-state index >= 15 is 0 Å². The summed E-state index contributed by atoms with van der Waals surface area (Å²) in [5.41, 5.74) is 5.67. The zero-order chi connectivity index (χ0) is 26.0. The average molecular weight is 513 g/mol. The van der Waals surface area contributed by atoms with Gasteiger partial charge in [0.05, 0.1) is 36.8 Å². The van der Waals surface area contributed by atoms with Crippen LogP contribution in [0.25, 0.3) is 11.0 Å². The standard InChI is InChI=1S/C27H37ClN6O2/c1-7-34(20-10-8-19(9-11-20)33(4)5)23-13-18(28)12-21(16(23)2)26(35)29-14-22-25-24(30-15-31-25)17(3)32-27(22)36-6/h12-13,15,19-20H,7-11,14H2,1-6H3,(H,29,35)(H,30,31)/t19-,20-. The molecule has 1 aliphatic rings. The van der Waals surface area contributed by atoms with Gasteiger partial charge in [0.25, 0.3) is 5.91 Å². The SMILES string of the molecule is CCN(c1cc(Cl)cc(C(=O)NCc2c(OC)nc(C)c3nc[nH]c23)c1C)[C@H]1CC[C@H](N(C)C)CC1. The molecule has 0 saturated heterocycles. The van der Waals surface area contributed by atoms with Crippen molar-refractivity contribution >= 4 is 34.2 Å². The Balaban J connectivity index is 1.57. The molecule has 0 spiro atoms. The van der Waals surface area contributed by atoms with E-state index in [2.05, 4.69) is 51.1 Å². The molecule has 8 nitrogen and oxygen atoms in total. The highest BCUT2D eigenvalue weighted by atomic mass is 35.5. The summed E-state index contributed by atoms with van der Waals surface area (Å²) in [6.07, 6.45) is 6.24.